The highest BCUT2D eigenvalue weighted by Gasteiger charge is 2.19. The third-order valence-electron chi connectivity index (χ3n) is 3.42. The molecule has 0 heterocycles. The fraction of sp³-hybridized carbons (Fsp3) is 0.235. The van der Waals surface area contributed by atoms with E-state index < -0.39 is 21.7 Å². The lowest BCUT2D eigenvalue weighted by molar-refractivity contribution is 0.0952. The number of carbonyl (C=O) groups excluding carboxylic acids is 1. The summed E-state index contributed by atoms with van der Waals surface area (Å²) < 4.78 is 45.6. The van der Waals surface area contributed by atoms with Gasteiger partial charge in [-0.25, -0.2) is 17.5 Å². The van der Waals surface area contributed by atoms with Crippen LogP contribution in [0.1, 0.15) is 22.8 Å². The summed E-state index contributed by atoms with van der Waals surface area (Å²) in [7, 11) is -2.48. The average Bonchev–Trinajstić information content (AvgIpc) is 2.60. The molecule has 0 saturated carbocycles. The number of sulfonamides is 1. The standard InChI is InChI=1S/C17H19FN2O4S/c1-3-19-17(21)15-10-14(7-8-16(15)24-2)25(22,23)20-11-12-5-4-6-13(18)9-12/h4-10,20H,3,11H2,1-2H3,(H,19,21). The number of nitrogens with one attached hydrogen (secondary N) is 2. The Morgan fingerprint density at radius 2 is 1.96 bits per heavy atom. The monoisotopic (exact) mass is 366 g/mol. The van der Waals surface area contributed by atoms with Crippen molar-refractivity contribution in [1.29, 1.82) is 0 Å². The van der Waals surface area contributed by atoms with E-state index in [0.717, 1.165) is 0 Å². The Labute approximate surface area is 146 Å². The summed E-state index contributed by atoms with van der Waals surface area (Å²) in [6.45, 7) is 2.09. The van der Waals surface area contributed by atoms with Crippen LogP contribution in [0.4, 0.5) is 4.39 Å². The molecule has 0 radical (unpaired) electrons. The second kappa shape index (κ2) is 8.09. The number of hydrogen-bond acceptors (Lipinski definition) is 4. The molecule has 0 bridgehead atoms. The zero-order valence-electron chi connectivity index (χ0n) is 13.9. The number of ether oxygens (including phenoxy) is 1. The molecule has 0 atom stereocenters. The molecule has 2 rings (SSSR count). The van der Waals surface area contributed by atoms with Crippen molar-refractivity contribution in [2.45, 2.75) is 18.4 Å². The Balaban J connectivity index is 2.26. The minimum absolute atomic E-state index is 0.0669. The van der Waals surface area contributed by atoms with E-state index in [1.807, 2.05) is 0 Å². The van der Waals surface area contributed by atoms with Gasteiger partial charge in [-0.15, -0.1) is 0 Å². The number of carbonyl (C=O) groups is 1. The summed E-state index contributed by atoms with van der Waals surface area (Å²) in [5, 5.41) is 2.60. The van der Waals surface area contributed by atoms with Crippen LogP contribution in [-0.4, -0.2) is 28.0 Å². The lowest BCUT2D eigenvalue weighted by atomic mass is 10.2. The second-order valence-electron chi connectivity index (χ2n) is 5.18. The van der Waals surface area contributed by atoms with E-state index in [4.69, 9.17) is 4.74 Å². The van der Waals surface area contributed by atoms with E-state index in [9.17, 15) is 17.6 Å². The van der Waals surface area contributed by atoms with Crippen molar-refractivity contribution >= 4 is 15.9 Å². The van der Waals surface area contributed by atoms with Gasteiger partial charge in [0.1, 0.15) is 11.6 Å². The van der Waals surface area contributed by atoms with Crippen molar-refractivity contribution in [2.24, 2.45) is 0 Å². The van der Waals surface area contributed by atoms with Crippen molar-refractivity contribution < 1.29 is 22.3 Å². The molecule has 0 aromatic heterocycles. The van der Waals surface area contributed by atoms with E-state index in [-0.39, 0.29) is 22.8 Å². The number of hydrogen-bond donors (Lipinski definition) is 2. The van der Waals surface area contributed by atoms with Gasteiger partial charge in [-0.1, -0.05) is 12.1 Å². The van der Waals surface area contributed by atoms with Crippen LogP contribution in [-0.2, 0) is 16.6 Å². The molecule has 0 unspecified atom stereocenters. The average molecular weight is 366 g/mol. The molecule has 0 aliphatic rings. The van der Waals surface area contributed by atoms with Crippen LogP contribution >= 0.6 is 0 Å². The molecule has 2 N–H and O–H groups in total. The van der Waals surface area contributed by atoms with Crippen molar-refractivity contribution in [3.8, 4) is 5.75 Å². The van der Waals surface area contributed by atoms with Crippen LogP contribution in [0, 0.1) is 5.82 Å². The third-order valence-corrected chi connectivity index (χ3v) is 4.82. The smallest absolute Gasteiger partial charge is 0.255 e. The maximum atomic E-state index is 13.2. The summed E-state index contributed by atoms with van der Waals surface area (Å²) in [5.41, 5.74) is 0.610. The Morgan fingerprint density at radius 3 is 2.60 bits per heavy atom. The first-order chi connectivity index (χ1) is 11.9. The fourth-order valence-electron chi connectivity index (χ4n) is 2.20. The minimum atomic E-state index is -3.88. The molecule has 6 nitrogen and oxygen atoms in total. The van der Waals surface area contributed by atoms with Gasteiger partial charge in [0.15, 0.2) is 0 Å². The van der Waals surface area contributed by atoms with E-state index >= 15 is 0 Å². The Kier molecular flexibility index (Phi) is 6.11. The zero-order chi connectivity index (χ0) is 18.4. The van der Waals surface area contributed by atoms with Crippen LogP contribution in [0.15, 0.2) is 47.4 Å². The molecule has 2 aromatic carbocycles. The van der Waals surface area contributed by atoms with E-state index in [1.165, 1.54) is 43.5 Å². The van der Waals surface area contributed by atoms with Gasteiger partial charge in [-0.3, -0.25) is 4.79 Å². The van der Waals surface area contributed by atoms with E-state index in [0.29, 0.717) is 12.1 Å². The second-order valence-corrected chi connectivity index (χ2v) is 6.94. The topological polar surface area (TPSA) is 84.5 Å². The van der Waals surface area contributed by atoms with Crippen LogP contribution in [0.2, 0.25) is 0 Å². The predicted molar refractivity (Wildman–Crippen MR) is 91.4 cm³/mol. The summed E-state index contributed by atoms with van der Waals surface area (Å²) in [6, 6.07) is 9.64. The van der Waals surface area contributed by atoms with Crippen molar-refractivity contribution in [1.82, 2.24) is 10.0 Å². The van der Waals surface area contributed by atoms with Crippen LogP contribution in [0.5, 0.6) is 5.75 Å². The van der Waals surface area contributed by atoms with Gasteiger partial charge in [0.25, 0.3) is 5.91 Å². The Morgan fingerprint density at radius 1 is 1.20 bits per heavy atom. The third kappa shape index (κ3) is 4.77. The Hall–Kier alpha value is -2.45. The molecule has 1 amide bonds. The van der Waals surface area contributed by atoms with Gasteiger partial charge in [-0.05, 0) is 42.8 Å². The first kappa shape index (κ1) is 18.9. The number of rotatable bonds is 7. The first-order valence-corrected chi connectivity index (χ1v) is 9.06. The Bertz CT molecular complexity index is 869. The molecule has 8 heteroatoms. The SMILES string of the molecule is CCNC(=O)c1cc(S(=O)(=O)NCc2cccc(F)c2)ccc1OC. The van der Waals surface area contributed by atoms with E-state index in [2.05, 4.69) is 10.0 Å². The molecular weight excluding hydrogens is 347 g/mol. The van der Waals surface area contributed by atoms with Gasteiger partial charge in [0, 0.05) is 13.1 Å². The largest absolute Gasteiger partial charge is 0.496 e. The van der Waals surface area contributed by atoms with Gasteiger partial charge >= 0.3 is 0 Å². The normalized spacial score (nSPS) is 11.2. The molecule has 134 valence electrons. The number of amides is 1. The van der Waals surface area contributed by atoms with Crippen molar-refractivity contribution in [3.05, 3.63) is 59.4 Å². The lowest BCUT2D eigenvalue weighted by Gasteiger charge is -2.12. The van der Waals surface area contributed by atoms with Crippen molar-refractivity contribution in [2.75, 3.05) is 13.7 Å². The van der Waals surface area contributed by atoms with Gasteiger partial charge in [0.2, 0.25) is 10.0 Å². The molecule has 0 aliphatic heterocycles. The summed E-state index contributed by atoms with van der Waals surface area (Å²) in [4.78, 5) is 12.0. The summed E-state index contributed by atoms with van der Waals surface area (Å²) >= 11 is 0. The maximum Gasteiger partial charge on any atom is 0.255 e. The number of methoxy groups -OCH3 is 1. The highest BCUT2D eigenvalue weighted by molar-refractivity contribution is 7.89. The molecule has 0 saturated heterocycles. The van der Waals surface area contributed by atoms with Gasteiger partial charge < -0.3 is 10.1 Å². The van der Waals surface area contributed by atoms with Gasteiger partial charge in [0.05, 0.1) is 17.6 Å². The quantitative estimate of drug-likeness (QED) is 0.786. The molecule has 0 aliphatic carbocycles. The maximum absolute atomic E-state index is 13.2. The van der Waals surface area contributed by atoms with Crippen molar-refractivity contribution in [3.63, 3.8) is 0 Å². The molecule has 2 aromatic rings. The van der Waals surface area contributed by atoms with Gasteiger partial charge in [-0.2, -0.15) is 0 Å². The minimum Gasteiger partial charge on any atom is -0.496 e. The first-order valence-electron chi connectivity index (χ1n) is 7.57. The number of halogens is 1. The molecule has 25 heavy (non-hydrogen) atoms. The van der Waals surface area contributed by atoms with E-state index in [1.54, 1.807) is 13.0 Å². The van der Waals surface area contributed by atoms with Crippen LogP contribution < -0.4 is 14.8 Å². The molecule has 0 fully saturated rings. The van der Waals surface area contributed by atoms with Crippen LogP contribution in [0.3, 0.4) is 0 Å². The highest BCUT2D eigenvalue weighted by atomic mass is 32.2. The zero-order valence-corrected chi connectivity index (χ0v) is 14.7. The van der Waals surface area contributed by atoms with Crippen LogP contribution in [0.25, 0.3) is 0 Å². The predicted octanol–water partition coefficient (Wildman–Crippen LogP) is 2.06. The highest BCUT2D eigenvalue weighted by Crippen LogP contribution is 2.22. The lowest BCUT2D eigenvalue weighted by Crippen LogP contribution is -2.26. The summed E-state index contributed by atoms with van der Waals surface area (Å²) in [6.07, 6.45) is 0. The number of benzene rings is 2. The summed E-state index contributed by atoms with van der Waals surface area (Å²) in [5.74, 6) is -0.601. The molecular formula is C17H19FN2O4S. The fourth-order valence-corrected chi connectivity index (χ4v) is 3.24. The molecule has 0 spiro atoms.